The highest BCUT2D eigenvalue weighted by Crippen LogP contribution is 2.28. The van der Waals surface area contributed by atoms with Crippen LogP contribution in [0.25, 0.3) is 11.1 Å². The fraction of sp³-hybridized carbons (Fsp3) is 0.364. The summed E-state index contributed by atoms with van der Waals surface area (Å²) in [5.74, 6) is 0.661. The van der Waals surface area contributed by atoms with E-state index in [2.05, 4.69) is 49.5 Å². The van der Waals surface area contributed by atoms with Crippen molar-refractivity contribution in [3.63, 3.8) is 0 Å². The van der Waals surface area contributed by atoms with Crippen molar-refractivity contribution in [2.45, 2.75) is 32.2 Å². The summed E-state index contributed by atoms with van der Waals surface area (Å²) >= 11 is 1.56. The molecule has 0 spiro atoms. The third kappa shape index (κ3) is 5.64. The van der Waals surface area contributed by atoms with Gasteiger partial charge in [-0.05, 0) is 35.3 Å². The molecular weight excluding hydrogens is 340 g/mol. The quantitative estimate of drug-likeness (QED) is 0.726. The number of hydrogen-bond acceptors (Lipinski definition) is 3. The van der Waals surface area contributed by atoms with E-state index >= 15 is 0 Å². The fourth-order valence-corrected chi connectivity index (χ4v) is 3.47. The topological polar surface area (TPSA) is 52.9 Å². The van der Waals surface area contributed by atoms with E-state index in [-0.39, 0.29) is 11.8 Å². The van der Waals surface area contributed by atoms with Crippen molar-refractivity contribution in [3.8, 4) is 17.2 Å². The average Bonchev–Trinajstić information content (AvgIpc) is 2.66. The zero-order valence-corrected chi connectivity index (χ0v) is 16.4. The molecule has 0 saturated carbocycles. The van der Waals surface area contributed by atoms with Gasteiger partial charge in [-0.1, -0.05) is 68.4 Å². The Morgan fingerprint density at radius 1 is 1.12 bits per heavy atom. The summed E-state index contributed by atoms with van der Waals surface area (Å²) in [5, 5.41) is 12.2. The average molecular weight is 367 g/mol. The van der Waals surface area contributed by atoms with Gasteiger partial charge in [-0.3, -0.25) is 4.79 Å². The molecule has 26 heavy (non-hydrogen) atoms. The molecule has 0 fully saturated rings. The monoisotopic (exact) mass is 366 g/mol. The summed E-state index contributed by atoms with van der Waals surface area (Å²) in [6, 6.07) is 20.1. The van der Waals surface area contributed by atoms with Gasteiger partial charge in [-0.15, -0.1) is 0 Å². The molecule has 0 bridgehead atoms. The third-order valence-corrected chi connectivity index (χ3v) is 4.89. The zero-order valence-electron chi connectivity index (χ0n) is 15.6. The first kappa shape index (κ1) is 20.1. The Labute approximate surface area is 160 Å². The summed E-state index contributed by atoms with van der Waals surface area (Å²) in [6.45, 7) is 4.23. The van der Waals surface area contributed by atoms with Gasteiger partial charge in [0.15, 0.2) is 0 Å². The van der Waals surface area contributed by atoms with E-state index in [4.69, 9.17) is 0 Å². The minimum Gasteiger partial charge on any atom is -0.339 e. The first-order chi connectivity index (χ1) is 12.5. The molecule has 0 heterocycles. The van der Waals surface area contributed by atoms with E-state index in [0.717, 1.165) is 23.1 Å². The number of carbonyl (C=O) groups excluding carboxylic acids is 1. The van der Waals surface area contributed by atoms with Gasteiger partial charge in [0.25, 0.3) is 0 Å². The summed E-state index contributed by atoms with van der Waals surface area (Å²) in [7, 11) is 0. The maximum atomic E-state index is 12.9. The van der Waals surface area contributed by atoms with Crippen molar-refractivity contribution >= 4 is 17.7 Å². The van der Waals surface area contributed by atoms with Gasteiger partial charge < -0.3 is 5.32 Å². The molecule has 2 aromatic carbocycles. The van der Waals surface area contributed by atoms with Gasteiger partial charge in [-0.2, -0.15) is 17.0 Å². The highest BCUT2D eigenvalue weighted by Gasteiger charge is 2.24. The van der Waals surface area contributed by atoms with E-state index in [1.54, 1.807) is 11.8 Å². The molecule has 2 unspecified atom stereocenters. The molecule has 0 aliphatic rings. The van der Waals surface area contributed by atoms with Crippen LogP contribution in [0.4, 0.5) is 0 Å². The van der Waals surface area contributed by atoms with Gasteiger partial charge in [0, 0.05) is 5.75 Å². The van der Waals surface area contributed by atoms with Gasteiger partial charge in [0.1, 0.15) is 6.04 Å². The Kier molecular flexibility index (Phi) is 7.74. The number of hydrogen-bond donors (Lipinski definition) is 1. The molecule has 0 radical (unpaired) electrons. The van der Waals surface area contributed by atoms with Crippen LogP contribution in [0, 0.1) is 17.2 Å². The Hall–Kier alpha value is -2.25. The molecule has 136 valence electrons. The zero-order chi connectivity index (χ0) is 18.9. The summed E-state index contributed by atoms with van der Waals surface area (Å²) in [6.07, 6.45) is 2.69. The lowest BCUT2D eigenvalue weighted by Crippen LogP contribution is -2.39. The minimum atomic E-state index is -0.454. The highest BCUT2D eigenvalue weighted by molar-refractivity contribution is 7.98. The largest absolute Gasteiger partial charge is 0.339 e. The van der Waals surface area contributed by atoms with Crippen LogP contribution in [-0.4, -0.2) is 24.0 Å². The molecule has 2 aromatic rings. The Balaban J connectivity index is 2.29. The van der Waals surface area contributed by atoms with Gasteiger partial charge in [0.2, 0.25) is 5.91 Å². The lowest BCUT2D eigenvalue weighted by atomic mass is 9.87. The molecule has 2 atom stereocenters. The first-order valence-electron chi connectivity index (χ1n) is 8.89. The second-order valence-corrected chi connectivity index (χ2v) is 7.73. The number of thioether (sulfide) groups is 1. The maximum absolute atomic E-state index is 12.9. The standard InChI is InChI=1S/C22H26N2OS/c1-16(2)12-21(22(25)24-20(14-23)15-26-3)19-11-7-10-18(13-19)17-8-5-4-6-9-17/h4-11,13,16,20-21H,12,15H2,1-3H3,(H,24,25). The number of nitrogens with zero attached hydrogens (tertiary/aromatic N) is 1. The minimum absolute atomic E-state index is 0.0653. The van der Waals surface area contributed by atoms with Crippen molar-refractivity contribution in [2.75, 3.05) is 12.0 Å². The fourth-order valence-electron chi connectivity index (χ4n) is 2.98. The number of nitrogens with one attached hydrogen (secondary N) is 1. The predicted octanol–water partition coefficient (Wildman–Crippen LogP) is 4.85. The Morgan fingerprint density at radius 2 is 1.81 bits per heavy atom. The molecule has 0 saturated heterocycles. The number of amides is 1. The second-order valence-electron chi connectivity index (χ2n) is 6.82. The van der Waals surface area contributed by atoms with Crippen LogP contribution in [-0.2, 0) is 4.79 Å². The van der Waals surface area contributed by atoms with Crippen molar-refractivity contribution in [1.29, 1.82) is 5.26 Å². The molecule has 3 nitrogen and oxygen atoms in total. The maximum Gasteiger partial charge on any atom is 0.228 e. The number of rotatable bonds is 8. The van der Waals surface area contributed by atoms with Crippen molar-refractivity contribution in [1.82, 2.24) is 5.32 Å². The van der Waals surface area contributed by atoms with E-state index in [1.165, 1.54) is 0 Å². The van der Waals surface area contributed by atoms with Crippen LogP contribution < -0.4 is 5.32 Å². The SMILES string of the molecule is CSCC(C#N)NC(=O)C(CC(C)C)c1cccc(-c2ccccc2)c1. The number of benzene rings is 2. The van der Waals surface area contributed by atoms with Crippen molar-refractivity contribution < 1.29 is 4.79 Å². The Morgan fingerprint density at radius 3 is 2.42 bits per heavy atom. The van der Waals surface area contributed by atoms with Gasteiger partial charge >= 0.3 is 0 Å². The number of nitriles is 1. The van der Waals surface area contributed by atoms with E-state index in [0.29, 0.717) is 11.7 Å². The molecule has 1 N–H and O–H groups in total. The summed E-state index contributed by atoms with van der Waals surface area (Å²) in [5.41, 5.74) is 3.24. The van der Waals surface area contributed by atoms with Crippen LogP contribution in [0.3, 0.4) is 0 Å². The lowest BCUT2D eigenvalue weighted by molar-refractivity contribution is -0.123. The summed E-state index contributed by atoms with van der Waals surface area (Å²) in [4.78, 5) is 12.9. The van der Waals surface area contributed by atoms with Gasteiger partial charge in [-0.25, -0.2) is 0 Å². The van der Waals surface area contributed by atoms with Crippen molar-refractivity contribution in [3.05, 3.63) is 60.2 Å². The van der Waals surface area contributed by atoms with Gasteiger partial charge in [0.05, 0.1) is 12.0 Å². The van der Waals surface area contributed by atoms with E-state index < -0.39 is 6.04 Å². The van der Waals surface area contributed by atoms with Crippen molar-refractivity contribution in [2.24, 2.45) is 5.92 Å². The predicted molar refractivity (Wildman–Crippen MR) is 110 cm³/mol. The normalized spacial score (nSPS) is 13.0. The lowest BCUT2D eigenvalue weighted by Gasteiger charge is -2.21. The Bertz CT molecular complexity index is 752. The second kappa shape index (κ2) is 10.0. The van der Waals surface area contributed by atoms with Crippen LogP contribution in [0.15, 0.2) is 54.6 Å². The van der Waals surface area contributed by atoms with Crippen LogP contribution in [0.5, 0.6) is 0 Å². The molecule has 2 rings (SSSR count). The van der Waals surface area contributed by atoms with E-state index in [1.807, 2.05) is 36.6 Å². The molecule has 4 heteroatoms. The number of carbonyl (C=O) groups is 1. The third-order valence-electron chi connectivity index (χ3n) is 4.23. The molecular formula is C22H26N2OS. The molecule has 1 amide bonds. The van der Waals surface area contributed by atoms with E-state index in [9.17, 15) is 10.1 Å². The summed E-state index contributed by atoms with van der Waals surface area (Å²) < 4.78 is 0. The van der Waals surface area contributed by atoms with Crippen LogP contribution >= 0.6 is 11.8 Å². The molecule has 0 aliphatic heterocycles. The van der Waals surface area contributed by atoms with Crippen LogP contribution in [0.2, 0.25) is 0 Å². The molecule has 0 aliphatic carbocycles. The van der Waals surface area contributed by atoms with Crippen LogP contribution in [0.1, 0.15) is 31.7 Å². The highest BCUT2D eigenvalue weighted by atomic mass is 32.2. The molecule has 0 aromatic heterocycles. The smallest absolute Gasteiger partial charge is 0.228 e. The first-order valence-corrected chi connectivity index (χ1v) is 10.3.